The fourth-order valence-electron chi connectivity index (χ4n) is 4.07. The molecule has 3 aliphatic rings. The smallest absolute Gasteiger partial charge is 0.317 e. The Hall–Kier alpha value is -1.30. The van der Waals surface area contributed by atoms with Gasteiger partial charge in [0, 0.05) is 31.7 Å². The molecule has 0 bridgehead atoms. The van der Waals surface area contributed by atoms with Crippen LogP contribution >= 0.6 is 0 Å². The van der Waals surface area contributed by atoms with Gasteiger partial charge in [-0.25, -0.2) is 4.79 Å². The lowest BCUT2D eigenvalue weighted by atomic mass is 9.85. The van der Waals surface area contributed by atoms with Crippen molar-refractivity contribution >= 4 is 12.0 Å². The first-order valence-corrected chi connectivity index (χ1v) is 8.03. The van der Waals surface area contributed by atoms with Crippen molar-refractivity contribution in [1.82, 2.24) is 15.1 Å². The minimum Gasteiger partial charge on any atom is -0.481 e. The Labute approximate surface area is 125 Å². The summed E-state index contributed by atoms with van der Waals surface area (Å²) in [5.74, 6) is -0.800. The van der Waals surface area contributed by atoms with E-state index >= 15 is 0 Å². The largest absolute Gasteiger partial charge is 0.481 e. The fourth-order valence-corrected chi connectivity index (χ4v) is 4.07. The van der Waals surface area contributed by atoms with Crippen molar-refractivity contribution in [2.45, 2.75) is 51.1 Å². The maximum atomic E-state index is 12.5. The van der Waals surface area contributed by atoms with Gasteiger partial charge in [0.1, 0.15) is 0 Å². The molecule has 3 rings (SSSR count). The first-order chi connectivity index (χ1) is 10.0. The zero-order valence-corrected chi connectivity index (χ0v) is 12.7. The van der Waals surface area contributed by atoms with Gasteiger partial charge in [-0.1, -0.05) is 6.42 Å². The summed E-state index contributed by atoms with van der Waals surface area (Å²) >= 11 is 0. The maximum absolute atomic E-state index is 12.5. The van der Waals surface area contributed by atoms with Crippen LogP contribution < -0.4 is 5.32 Å². The van der Waals surface area contributed by atoms with E-state index in [1.807, 2.05) is 4.90 Å². The van der Waals surface area contributed by atoms with Gasteiger partial charge in [-0.2, -0.15) is 0 Å². The third-order valence-corrected chi connectivity index (χ3v) is 5.62. The molecule has 1 aliphatic carbocycles. The Bertz CT molecular complexity index is 442. The first-order valence-electron chi connectivity index (χ1n) is 8.03. The predicted molar refractivity (Wildman–Crippen MR) is 78.1 cm³/mol. The second kappa shape index (κ2) is 5.48. The van der Waals surface area contributed by atoms with E-state index in [9.17, 15) is 14.7 Å². The Balaban J connectivity index is 1.60. The number of nitrogens with zero attached hydrogens (tertiary/aromatic N) is 2. The zero-order valence-electron chi connectivity index (χ0n) is 12.7. The summed E-state index contributed by atoms with van der Waals surface area (Å²) in [6.45, 7) is 5.38. The average Bonchev–Trinajstić information content (AvgIpc) is 3.06. The first kappa shape index (κ1) is 14.6. The lowest BCUT2D eigenvalue weighted by Gasteiger charge is -2.38. The summed E-state index contributed by atoms with van der Waals surface area (Å²) in [4.78, 5) is 28.3. The van der Waals surface area contributed by atoms with Gasteiger partial charge in [0.25, 0.3) is 0 Å². The van der Waals surface area contributed by atoms with Gasteiger partial charge in [-0.3, -0.25) is 9.69 Å². The van der Waals surface area contributed by atoms with Crippen molar-refractivity contribution in [2.24, 2.45) is 5.41 Å². The lowest BCUT2D eigenvalue weighted by Crippen LogP contribution is -2.57. The number of carboxylic acid groups (broad SMARTS) is 1. The molecule has 3 atom stereocenters. The number of nitrogens with one attached hydrogen (secondary N) is 1. The molecule has 3 fully saturated rings. The van der Waals surface area contributed by atoms with Gasteiger partial charge in [-0.05, 0) is 39.2 Å². The molecule has 118 valence electrons. The normalized spacial score (nSPS) is 36.5. The van der Waals surface area contributed by atoms with E-state index in [0.29, 0.717) is 12.5 Å². The zero-order chi connectivity index (χ0) is 15.0. The molecule has 2 heterocycles. The molecule has 6 nitrogen and oxygen atoms in total. The molecule has 2 amide bonds. The Morgan fingerprint density at radius 3 is 2.76 bits per heavy atom. The van der Waals surface area contributed by atoms with E-state index in [4.69, 9.17) is 0 Å². The van der Waals surface area contributed by atoms with Gasteiger partial charge in [0.05, 0.1) is 5.41 Å². The van der Waals surface area contributed by atoms with Crippen LogP contribution in [-0.2, 0) is 4.79 Å². The van der Waals surface area contributed by atoms with E-state index in [1.54, 1.807) is 6.92 Å². The van der Waals surface area contributed by atoms with Gasteiger partial charge >= 0.3 is 12.0 Å². The minimum absolute atomic E-state index is 0.0825. The summed E-state index contributed by atoms with van der Waals surface area (Å²) in [6, 6.07) is 0.170. The van der Waals surface area contributed by atoms with Gasteiger partial charge in [-0.15, -0.1) is 0 Å². The molecule has 1 saturated carbocycles. The van der Waals surface area contributed by atoms with Crippen LogP contribution in [0, 0.1) is 5.41 Å². The maximum Gasteiger partial charge on any atom is 0.317 e. The van der Waals surface area contributed by atoms with E-state index in [2.05, 4.69) is 10.2 Å². The van der Waals surface area contributed by atoms with Crippen LogP contribution in [0.15, 0.2) is 0 Å². The second-order valence-corrected chi connectivity index (χ2v) is 6.89. The topological polar surface area (TPSA) is 72.9 Å². The number of aliphatic carboxylic acids is 1. The molecule has 21 heavy (non-hydrogen) atoms. The highest BCUT2D eigenvalue weighted by Gasteiger charge is 2.46. The van der Waals surface area contributed by atoms with Gasteiger partial charge in [0.2, 0.25) is 0 Å². The molecular formula is C15H25N3O3. The molecule has 2 N–H and O–H groups in total. The molecular weight excluding hydrogens is 270 g/mol. The van der Waals surface area contributed by atoms with Gasteiger partial charge < -0.3 is 15.3 Å². The number of hydrogen-bond acceptors (Lipinski definition) is 3. The highest BCUT2D eigenvalue weighted by Crippen LogP contribution is 2.38. The van der Waals surface area contributed by atoms with Crippen molar-refractivity contribution in [2.75, 3.05) is 26.2 Å². The summed E-state index contributed by atoms with van der Waals surface area (Å²) in [7, 11) is 0. The molecule has 0 aromatic rings. The summed E-state index contributed by atoms with van der Waals surface area (Å²) in [5.41, 5.74) is -0.815. The number of carbonyl (C=O) groups excluding carboxylic acids is 1. The highest BCUT2D eigenvalue weighted by molar-refractivity contribution is 5.79. The quantitative estimate of drug-likeness (QED) is 0.801. The molecule has 2 aliphatic heterocycles. The van der Waals surface area contributed by atoms with Crippen molar-refractivity contribution in [3.8, 4) is 0 Å². The number of carboxylic acids is 1. The summed E-state index contributed by atoms with van der Waals surface area (Å²) in [5, 5.41) is 12.4. The average molecular weight is 295 g/mol. The van der Waals surface area contributed by atoms with Crippen molar-refractivity contribution in [3.63, 3.8) is 0 Å². The highest BCUT2D eigenvalue weighted by atomic mass is 16.4. The van der Waals surface area contributed by atoms with Crippen LogP contribution in [0.25, 0.3) is 0 Å². The number of amides is 2. The molecule has 0 aromatic heterocycles. The standard InChI is InChI=1S/C15H25N3O3/c1-15(13(19)20)6-2-5-12(15)16-14(21)18-9-8-17-7-3-4-11(17)10-18/h11-12H,2-10H2,1H3,(H,16,21)(H,19,20). The SMILES string of the molecule is CC1(C(=O)O)CCCC1NC(=O)N1CCN2CCCC2C1. The van der Waals surface area contributed by atoms with Crippen LogP contribution in [0.2, 0.25) is 0 Å². The molecule has 0 spiro atoms. The van der Waals surface area contributed by atoms with Crippen molar-refractivity contribution in [3.05, 3.63) is 0 Å². The number of carbonyl (C=O) groups is 2. The Morgan fingerprint density at radius 1 is 1.19 bits per heavy atom. The van der Waals surface area contributed by atoms with Crippen LogP contribution in [0.3, 0.4) is 0 Å². The monoisotopic (exact) mass is 295 g/mol. The van der Waals surface area contributed by atoms with Crippen LogP contribution in [0.5, 0.6) is 0 Å². The number of fused-ring (bicyclic) bond motifs is 1. The van der Waals surface area contributed by atoms with Crippen LogP contribution in [-0.4, -0.2) is 65.2 Å². The number of rotatable bonds is 2. The van der Waals surface area contributed by atoms with Crippen molar-refractivity contribution in [1.29, 1.82) is 0 Å². The Kier molecular flexibility index (Phi) is 3.82. The minimum atomic E-state index is -0.815. The molecule has 6 heteroatoms. The van der Waals surface area contributed by atoms with Crippen LogP contribution in [0.1, 0.15) is 39.0 Å². The second-order valence-electron chi connectivity index (χ2n) is 6.89. The summed E-state index contributed by atoms with van der Waals surface area (Å²) in [6.07, 6.45) is 4.66. The van der Waals surface area contributed by atoms with E-state index in [1.165, 1.54) is 12.8 Å². The molecule has 3 unspecified atom stereocenters. The van der Waals surface area contributed by atoms with E-state index in [-0.39, 0.29) is 12.1 Å². The van der Waals surface area contributed by atoms with Crippen molar-refractivity contribution < 1.29 is 14.7 Å². The van der Waals surface area contributed by atoms with E-state index in [0.717, 1.165) is 39.0 Å². The molecule has 0 aromatic carbocycles. The van der Waals surface area contributed by atoms with E-state index < -0.39 is 11.4 Å². The summed E-state index contributed by atoms with van der Waals surface area (Å²) < 4.78 is 0. The van der Waals surface area contributed by atoms with Crippen LogP contribution in [0.4, 0.5) is 4.79 Å². The number of hydrogen-bond donors (Lipinski definition) is 2. The Morgan fingerprint density at radius 2 is 2.00 bits per heavy atom. The molecule has 0 radical (unpaired) electrons. The third kappa shape index (κ3) is 2.61. The lowest BCUT2D eigenvalue weighted by molar-refractivity contribution is -0.148. The number of urea groups is 1. The number of piperazine rings is 1. The fraction of sp³-hybridized carbons (Fsp3) is 0.867. The molecule has 2 saturated heterocycles. The predicted octanol–water partition coefficient (Wildman–Crippen LogP) is 1.12. The third-order valence-electron chi connectivity index (χ3n) is 5.62. The van der Waals surface area contributed by atoms with Gasteiger partial charge in [0.15, 0.2) is 0 Å².